The Morgan fingerprint density at radius 2 is 1.83 bits per heavy atom. The van der Waals surface area contributed by atoms with Gasteiger partial charge in [0.2, 0.25) is 0 Å². The highest BCUT2D eigenvalue weighted by molar-refractivity contribution is 9.10. The van der Waals surface area contributed by atoms with E-state index in [0.29, 0.717) is 10.6 Å². The third-order valence-corrected chi connectivity index (χ3v) is 5.65. The average Bonchev–Trinajstić information content (AvgIpc) is 2.45. The second-order valence-corrected chi connectivity index (χ2v) is 8.00. The summed E-state index contributed by atoms with van der Waals surface area (Å²) in [6.45, 7) is 0.994. The number of aryl methyl sites for hydroxylation is 1. The van der Waals surface area contributed by atoms with Crippen molar-refractivity contribution < 1.29 is 18.3 Å². The third-order valence-electron chi connectivity index (χ3n) is 3.11. The highest BCUT2D eigenvalue weighted by atomic mass is 79.9. The Bertz CT molecular complexity index is 837. The third kappa shape index (κ3) is 4.04. The van der Waals surface area contributed by atoms with Gasteiger partial charge in [-0.15, -0.1) is 0 Å². The number of carboxylic acids is 1. The first-order valence-corrected chi connectivity index (χ1v) is 9.09. The van der Waals surface area contributed by atoms with Crippen molar-refractivity contribution in [1.29, 1.82) is 0 Å². The number of rotatable bonds is 5. The second kappa shape index (κ2) is 6.90. The number of halogens is 2. The molecule has 0 fully saturated rings. The number of benzene rings is 2. The van der Waals surface area contributed by atoms with Gasteiger partial charge in [0.15, 0.2) is 0 Å². The van der Waals surface area contributed by atoms with E-state index in [9.17, 15) is 13.2 Å². The maximum atomic E-state index is 12.8. The molecule has 0 heterocycles. The fourth-order valence-electron chi connectivity index (χ4n) is 2.05. The first-order valence-electron chi connectivity index (χ1n) is 6.48. The Kier molecular flexibility index (Phi) is 5.33. The summed E-state index contributed by atoms with van der Waals surface area (Å²) in [6.07, 6.45) is 0. The van der Waals surface area contributed by atoms with Gasteiger partial charge in [-0.25, -0.2) is 8.42 Å². The predicted octanol–water partition coefficient (Wildman–Crippen LogP) is 3.69. The molecular weight excluding hydrogens is 406 g/mol. The van der Waals surface area contributed by atoms with Gasteiger partial charge in [0.1, 0.15) is 6.54 Å². The van der Waals surface area contributed by atoms with E-state index in [1.54, 1.807) is 25.1 Å². The Balaban J connectivity index is 2.57. The van der Waals surface area contributed by atoms with E-state index in [1.807, 2.05) is 0 Å². The normalized spacial score (nSPS) is 11.3. The standard InChI is InChI=1S/C15H13BrClNO4S/c1-10-8-12(17)4-7-14(10)18(9-15(19)20)23(21,22)13-5-2-11(16)3-6-13/h2-8H,9H2,1H3,(H,19,20). The SMILES string of the molecule is Cc1cc(Cl)ccc1N(CC(=O)O)S(=O)(=O)c1ccc(Br)cc1. The lowest BCUT2D eigenvalue weighted by molar-refractivity contribution is -0.135. The van der Waals surface area contributed by atoms with Crippen molar-refractivity contribution in [3.8, 4) is 0 Å². The van der Waals surface area contributed by atoms with Crippen LogP contribution in [0.5, 0.6) is 0 Å². The first-order chi connectivity index (χ1) is 10.7. The molecule has 2 aromatic rings. The summed E-state index contributed by atoms with van der Waals surface area (Å²) in [6, 6.07) is 10.6. The first kappa shape index (κ1) is 17.8. The highest BCUT2D eigenvalue weighted by Gasteiger charge is 2.28. The molecule has 0 aliphatic heterocycles. The van der Waals surface area contributed by atoms with E-state index in [1.165, 1.54) is 24.3 Å². The van der Waals surface area contributed by atoms with Crippen molar-refractivity contribution in [2.24, 2.45) is 0 Å². The minimum atomic E-state index is -4.01. The summed E-state index contributed by atoms with van der Waals surface area (Å²) in [7, 11) is -4.01. The molecule has 0 radical (unpaired) electrons. The van der Waals surface area contributed by atoms with Gasteiger partial charge in [-0.1, -0.05) is 27.5 Å². The topological polar surface area (TPSA) is 74.7 Å². The molecule has 0 atom stereocenters. The van der Waals surface area contributed by atoms with Gasteiger partial charge in [-0.3, -0.25) is 9.10 Å². The molecule has 8 heteroatoms. The zero-order chi connectivity index (χ0) is 17.2. The quantitative estimate of drug-likeness (QED) is 0.803. The van der Waals surface area contributed by atoms with Gasteiger partial charge in [-0.05, 0) is 55.0 Å². The molecule has 0 bridgehead atoms. The van der Waals surface area contributed by atoms with Gasteiger partial charge in [-0.2, -0.15) is 0 Å². The molecule has 0 amide bonds. The van der Waals surface area contributed by atoms with E-state index < -0.39 is 22.5 Å². The molecular formula is C15H13BrClNO4S. The van der Waals surface area contributed by atoms with Gasteiger partial charge in [0, 0.05) is 9.50 Å². The molecule has 0 saturated carbocycles. The molecule has 2 aromatic carbocycles. The molecule has 0 saturated heterocycles. The lowest BCUT2D eigenvalue weighted by atomic mass is 10.2. The summed E-state index contributed by atoms with van der Waals surface area (Å²) >= 11 is 9.12. The summed E-state index contributed by atoms with van der Waals surface area (Å²) in [5, 5.41) is 9.55. The van der Waals surface area contributed by atoms with Crippen LogP contribution in [0.15, 0.2) is 51.8 Å². The number of carbonyl (C=O) groups is 1. The summed E-state index contributed by atoms with van der Waals surface area (Å²) < 4.78 is 27.3. The van der Waals surface area contributed by atoms with Crippen LogP contribution in [0.2, 0.25) is 5.02 Å². The van der Waals surface area contributed by atoms with Crippen LogP contribution < -0.4 is 4.31 Å². The van der Waals surface area contributed by atoms with Crippen molar-refractivity contribution in [3.05, 3.63) is 57.5 Å². The van der Waals surface area contributed by atoms with Gasteiger partial charge in [0.25, 0.3) is 10.0 Å². The van der Waals surface area contributed by atoms with Crippen LogP contribution in [-0.4, -0.2) is 26.0 Å². The molecule has 0 unspecified atom stereocenters. The van der Waals surface area contributed by atoms with Gasteiger partial charge >= 0.3 is 5.97 Å². The monoisotopic (exact) mass is 417 g/mol. The summed E-state index contributed by atoms with van der Waals surface area (Å²) in [5.41, 5.74) is 0.846. The summed E-state index contributed by atoms with van der Waals surface area (Å²) in [5.74, 6) is -1.25. The number of carboxylic acid groups (broad SMARTS) is 1. The van der Waals surface area contributed by atoms with Gasteiger partial charge < -0.3 is 5.11 Å². The van der Waals surface area contributed by atoms with E-state index in [4.69, 9.17) is 16.7 Å². The number of hydrogen-bond donors (Lipinski definition) is 1. The van der Waals surface area contributed by atoms with Crippen LogP contribution in [0.25, 0.3) is 0 Å². The Morgan fingerprint density at radius 1 is 1.22 bits per heavy atom. The second-order valence-electron chi connectivity index (χ2n) is 4.79. The number of anilines is 1. The maximum Gasteiger partial charge on any atom is 0.324 e. The number of hydrogen-bond acceptors (Lipinski definition) is 3. The minimum Gasteiger partial charge on any atom is -0.480 e. The Hall–Kier alpha value is -1.57. The number of nitrogens with zero attached hydrogens (tertiary/aromatic N) is 1. The molecule has 0 aliphatic carbocycles. The molecule has 0 aromatic heterocycles. The molecule has 23 heavy (non-hydrogen) atoms. The summed E-state index contributed by atoms with van der Waals surface area (Å²) in [4.78, 5) is 11.2. The largest absolute Gasteiger partial charge is 0.480 e. The molecule has 1 N–H and O–H groups in total. The van der Waals surface area contributed by atoms with E-state index in [0.717, 1.165) is 8.78 Å². The zero-order valence-electron chi connectivity index (χ0n) is 12.0. The lowest BCUT2D eigenvalue weighted by Gasteiger charge is -2.24. The molecule has 0 aliphatic rings. The van der Waals surface area contributed by atoms with Crippen molar-refractivity contribution in [2.75, 3.05) is 10.8 Å². The molecule has 122 valence electrons. The fraction of sp³-hybridized carbons (Fsp3) is 0.133. The van der Waals surface area contributed by atoms with Crippen LogP contribution in [0, 0.1) is 6.92 Å². The van der Waals surface area contributed by atoms with Gasteiger partial charge in [0.05, 0.1) is 10.6 Å². The van der Waals surface area contributed by atoms with Crippen molar-refractivity contribution in [1.82, 2.24) is 0 Å². The molecule has 2 rings (SSSR count). The fourth-order valence-corrected chi connectivity index (χ4v) is 4.02. The lowest BCUT2D eigenvalue weighted by Crippen LogP contribution is -2.36. The smallest absolute Gasteiger partial charge is 0.324 e. The van der Waals surface area contributed by atoms with E-state index >= 15 is 0 Å². The van der Waals surface area contributed by atoms with Crippen molar-refractivity contribution >= 4 is 49.2 Å². The highest BCUT2D eigenvalue weighted by Crippen LogP contribution is 2.29. The van der Waals surface area contributed by atoms with Crippen LogP contribution in [0.4, 0.5) is 5.69 Å². The molecule has 5 nitrogen and oxygen atoms in total. The molecule has 0 spiro atoms. The van der Waals surface area contributed by atoms with Crippen LogP contribution in [0.1, 0.15) is 5.56 Å². The van der Waals surface area contributed by atoms with Crippen LogP contribution >= 0.6 is 27.5 Å². The average molecular weight is 419 g/mol. The van der Waals surface area contributed by atoms with E-state index in [2.05, 4.69) is 15.9 Å². The predicted molar refractivity (Wildman–Crippen MR) is 92.5 cm³/mol. The van der Waals surface area contributed by atoms with E-state index in [-0.39, 0.29) is 10.6 Å². The van der Waals surface area contributed by atoms with Crippen LogP contribution in [0.3, 0.4) is 0 Å². The van der Waals surface area contributed by atoms with Crippen molar-refractivity contribution in [2.45, 2.75) is 11.8 Å². The van der Waals surface area contributed by atoms with Crippen molar-refractivity contribution in [3.63, 3.8) is 0 Å². The number of aliphatic carboxylic acids is 1. The minimum absolute atomic E-state index is 0.0105. The Labute approximate surface area is 147 Å². The number of sulfonamides is 1. The zero-order valence-corrected chi connectivity index (χ0v) is 15.2. The van der Waals surface area contributed by atoms with Crippen LogP contribution in [-0.2, 0) is 14.8 Å². The maximum absolute atomic E-state index is 12.8. The Morgan fingerprint density at radius 3 is 2.35 bits per heavy atom.